The summed E-state index contributed by atoms with van der Waals surface area (Å²) < 4.78 is 2.46. The van der Waals surface area contributed by atoms with Crippen LogP contribution in [0.15, 0.2) is 24.3 Å². The van der Waals surface area contributed by atoms with Gasteiger partial charge >= 0.3 is 4.67 Å². The van der Waals surface area contributed by atoms with Crippen LogP contribution in [-0.4, -0.2) is 0 Å². The van der Waals surface area contributed by atoms with E-state index in [4.69, 9.17) is 11.8 Å². The molecule has 0 aliphatic carbocycles. The Morgan fingerprint density at radius 2 is 1.60 bits per heavy atom. The summed E-state index contributed by atoms with van der Waals surface area (Å²) in [7, 11) is 3.67. The van der Waals surface area contributed by atoms with Crippen LogP contribution in [0.4, 0.5) is 0 Å². The first-order valence-electron chi connectivity index (χ1n) is 2.78. The van der Waals surface area contributed by atoms with Gasteiger partial charge in [-0.25, -0.2) is 0 Å². The van der Waals surface area contributed by atoms with Crippen LogP contribution >= 0.6 is 38.4 Å². The highest BCUT2D eigenvalue weighted by Crippen LogP contribution is 2.41. The van der Waals surface area contributed by atoms with Crippen LogP contribution in [0, 0.1) is 0 Å². The number of fused-ring (bicyclic) bond motifs is 1. The lowest BCUT2D eigenvalue weighted by molar-refractivity contribution is 1.88. The van der Waals surface area contributed by atoms with Crippen LogP contribution in [0.2, 0.25) is 0 Å². The van der Waals surface area contributed by atoms with Crippen molar-refractivity contribution >= 4 is 47.8 Å². The average Bonchev–Trinajstić information content (AvgIpc) is 2.27. The summed E-state index contributed by atoms with van der Waals surface area (Å²) in [5, 5.41) is 0. The molecule has 1 heterocycles. The second kappa shape index (κ2) is 2.67. The lowest BCUT2D eigenvalue weighted by atomic mass is 10.4. The molecule has 1 aromatic carbocycles. The van der Waals surface area contributed by atoms with Crippen molar-refractivity contribution in [1.82, 2.24) is 0 Å². The first-order valence-corrected chi connectivity index (χ1v) is 7.98. The van der Waals surface area contributed by atoms with Gasteiger partial charge in [0.05, 0.1) is 31.3 Å². The van der Waals surface area contributed by atoms with Gasteiger partial charge < -0.3 is 0 Å². The van der Waals surface area contributed by atoms with Crippen LogP contribution in [0.1, 0.15) is 0 Å². The maximum atomic E-state index is 5.20. The second-order valence-corrected chi connectivity index (χ2v) is 10.0. The average molecular weight is 203 g/mol. The monoisotopic (exact) mass is 203 g/mol. The molecule has 1 aromatic heterocycles. The van der Waals surface area contributed by atoms with Gasteiger partial charge in [-0.3, -0.25) is 0 Å². The fourth-order valence-corrected chi connectivity index (χ4v) is 7.61. The summed E-state index contributed by atoms with van der Waals surface area (Å²) in [5.74, 6) is 0. The normalized spacial score (nSPS) is 10.4. The molecule has 0 aliphatic heterocycles. The zero-order chi connectivity index (χ0) is 6.97. The summed E-state index contributed by atoms with van der Waals surface area (Å²) >= 11 is 5.20. The third-order valence-corrected chi connectivity index (χ3v) is 7.49. The molecule has 0 spiro atoms. The lowest BCUT2D eigenvalue weighted by Crippen LogP contribution is -1.54. The van der Waals surface area contributed by atoms with E-state index < -0.39 is 0 Å². The van der Waals surface area contributed by atoms with E-state index in [0.717, 1.165) is 0 Å². The van der Waals surface area contributed by atoms with E-state index in [9.17, 15) is 0 Å². The molecule has 0 amide bonds. The largest absolute Gasteiger partial charge is 0.369 e. The predicted octanol–water partition coefficient (Wildman–Crippen LogP) is 4.47. The van der Waals surface area contributed by atoms with Gasteiger partial charge in [0.15, 0.2) is 11.8 Å². The fraction of sp³-hybridized carbons (Fsp3) is 0. The first-order chi connectivity index (χ1) is 4.86. The molecule has 0 bridgehead atoms. The van der Waals surface area contributed by atoms with Crippen molar-refractivity contribution < 1.29 is 0 Å². The quantitative estimate of drug-likeness (QED) is 0.608. The Morgan fingerprint density at radius 1 is 1.10 bits per heavy atom. The Morgan fingerprint density at radius 3 is 2.10 bits per heavy atom. The Balaban J connectivity index is 3.01. The van der Waals surface area contributed by atoms with Crippen LogP contribution in [0.25, 0.3) is 9.40 Å². The highest BCUT2D eigenvalue weighted by molar-refractivity contribution is 8.41. The molecule has 0 atom stereocenters. The molecule has 2 rings (SSSR count). The van der Waals surface area contributed by atoms with Crippen LogP contribution < -0.4 is 0 Å². The molecular weight excluding hydrogens is 199 g/mol. The molecule has 0 fully saturated rings. The third kappa shape index (κ3) is 1.15. The maximum absolute atomic E-state index is 5.20. The summed E-state index contributed by atoms with van der Waals surface area (Å²) in [6, 6.07) is 8.41. The summed E-state index contributed by atoms with van der Waals surface area (Å²) in [6.07, 6.45) is 0. The van der Waals surface area contributed by atoms with Crippen molar-refractivity contribution in [3.8, 4) is 0 Å². The highest BCUT2D eigenvalue weighted by Gasteiger charge is 2.03. The van der Waals surface area contributed by atoms with Gasteiger partial charge in [-0.1, -0.05) is 12.1 Å². The van der Waals surface area contributed by atoms with Crippen molar-refractivity contribution in [1.29, 1.82) is 0 Å². The maximum Gasteiger partial charge on any atom is 0.369 e. The Hall–Kier alpha value is 0.180. The van der Waals surface area contributed by atoms with E-state index >= 15 is 0 Å². The predicted molar refractivity (Wildman–Crippen MR) is 54.2 cm³/mol. The fourth-order valence-electron chi connectivity index (χ4n) is 0.780. The summed E-state index contributed by atoms with van der Waals surface area (Å²) in [4.78, 5) is 0. The van der Waals surface area contributed by atoms with E-state index in [-0.39, 0.29) is 4.67 Å². The van der Waals surface area contributed by atoms with Crippen LogP contribution in [0.3, 0.4) is 0 Å². The van der Waals surface area contributed by atoms with Crippen molar-refractivity contribution in [3.05, 3.63) is 24.3 Å². The van der Waals surface area contributed by atoms with Crippen molar-refractivity contribution in [3.63, 3.8) is 0 Å². The molecular formula is C6H4PS3+. The molecule has 0 N–H and O–H groups in total. The number of benzene rings is 1. The summed E-state index contributed by atoms with van der Waals surface area (Å²) in [5.41, 5.74) is 0. The molecule has 0 radical (unpaired) electrons. The number of hydrogen-bond donors (Lipinski definition) is 0. The van der Waals surface area contributed by atoms with Crippen LogP contribution in [0.5, 0.6) is 0 Å². The standard InChI is InChI=1S/C6H4PS3/c8-7-9-5-3-1-2-4-6(5)10-7/h1-4H/q+1. The van der Waals surface area contributed by atoms with E-state index in [1.54, 1.807) is 0 Å². The Kier molecular flexibility index (Phi) is 1.83. The Labute approximate surface area is 72.0 Å². The molecule has 0 saturated carbocycles. The van der Waals surface area contributed by atoms with Gasteiger partial charge in [0, 0.05) is 0 Å². The molecule has 0 unspecified atom stereocenters. The third-order valence-electron chi connectivity index (χ3n) is 1.19. The minimum atomic E-state index is -0.275. The van der Waals surface area contributed by atoms with Crippen molar-refractivity contribution in [2.45, 2.75) is 0 Å². The lowest BCUT2D eigenvalue weighted by Gasteiger charge is -1.76. The van der Waals surface area contributed by atoms with Gasteiger partial charge in [-0.2, -0.15) is 0 Å². The molecule has 10 heavy (non-hydrogen) atoms. The van der Waals surface area contributed by atoms with Crippen molar-refractivity contribution in [2.24, 2.45) is 0 Å². The first kappa shape index (κ1) is 6.86. The summed E-state index contributed by atoms with van der Waals surface area (Å²) in [6.45, 7) is 0. The minimum absolute atomic E-state index is 0.275. The molecule has 0 aliphatic rings. The molecule has 50 valence electrons. The van der Waals surface area contributed by atoms with E-state index in [1.807, 2.05) is 21.9 Å². The van der Waals surface area contributed by atoms with E-state index in [2.05, 4.69) is 24.3 Å². The number of rotatable bonds is 0. The SMILES string of the molecule is S=[p+]1sc2ccccc2s1. The molecule has 0 saturated heterocycles. The van der Waals surface area contributed by atoms with Crippen LogP contribution in [-0.2, 0) is 0 Å². The zero-order valence-electron chi connectivity index (χ0n) is 4.98. The highest BCUT2D eigenvalue weighted by atomic mass is 33.0. The van der Waals surface area contributed by atoms with Gasteiger partial charge in [0.2, 0.25) is 0 Å². The molecule has 0 nitrogen and oxygen atoms in total. The molecule has 2 aromatic rings. The Bertz CT molecular complexity index is 364. The zero-order valence-corrected chi connectivity index (χ0v) is 8.33. The smallest absolute Gasteiger partial charge is 0.0606 e. The topological polar surface area (TPSA) is 0 Å². The van der Waals surface area contributed by atoms with Crippen molar-refractivity contribution in [2.75, 3.05) is 0 Å². The van der Waals surface area contributed by atoms with Gasteiger partial charge in [0.1, 0.15) is 0 Å². The number of hydrogen-bond acceptors (Lipinski definition) is 3. The van der Waals surface area contributed by atoms with Gasteiger partial charge in [-0.05, 0) is 12.1 Å². The molecule has 4 heteroatoms. The minimum Gasteiger partial charge on any atom is -0.0606 e. The van der Waals surface area contributed by atoms with E-state index in [1.165, 1.54) is 9.40 Å². The van der Waals surface area contributed by atoms with Gasteiger partial charge in [0.25, 0.3) is 0 Å². The van der Waals surface area contributed by atoms with Gasteiger partial charge in [-0.15, -0.1) is 0 Å². The van der Waals surface area contributed by atoms with E-state index in [0.29, 0.717) is 0 Å². The second-order valence-electron chi connectivity index (χ2n) is 1.85.